The van der Waals surface area contributed by atoms with Crippen molar-refractivity contribution in [2.24, 2.45) is 51.3 Å². The summed E-state index contributed by atoms with van der Waals surface area (Å²) in [5.41, 5.74) is 2.40. The van der Waals surface area contributed by atoms with Crippen molar-refractivity contribution in [1.29, 1.82) is 0 Å². The zero-order chi connectivity index (χ0) is 28.8. The van der Waals surface area contributed by atoms with E-state index in [1.807, 2.05) is 0 Å². The molecule has 0 aromatic carbocycles. The summed E-state index contributed by atoms with van der Waals surface area (Å²) in [6.45, 7) is 13.7. The Bertz CT molecular complexity index is 924. The van der Waals surface area contributed by atoms with Crippen molar-refractivity contribution in [3.63, 3.8) is 0 Å². The molecule has 1 N–H and O–H groups in total. The fourth-order valence-electron chi connectivity index (χ4n) is 9.85. The molecule has 0 aromatic heterocycles. The van der Waals surface area contributed by atoms with Crippen LogP contribution in [0.1, 0.15) is 131 Å². The number of nitrogens with one attached hydrogen (secondary N) is 1. The zero-order valence-electron chi connectivity index (χ0n) is 26.3. The minimum Gasteiger partial charge on any atom is -0.446 e. The molecule has 0 aliphatic heterocycles. The van der Waals surface area contributed by atoms with Crippen LogP contribution in [0.25, 0.3) is 0 Å². The van der Waals surface area contributed by atoms with Crippen LogP contribution in [0.15, 0.2) is 16.6 Å². The van der Waals surface area contributed by atoms with Gasteiger partial charge in [0, 0.05) is 13.0 Å². The number of amides is 1. The summed E-state index contributed by atoms with van der Waals surface area (Å²) >= 11 is 0. The van der Waals surface area contributed by atoms with E-state index in [1.165, 1.54) is 51.4 Å². The highest BCUT2D eigenvalue weighted by Crippen LogP contribution is 2.67. The predicted molar refractivity (Wildman–Crippen MR) is 163 cm³/mol. The standard InChI is InChI=1S/C35H58N2O3/c1-25(2)11-10-12-26(3)30-15-16-31-29-14-13-27-23-28(17-19-34(27,4)32(29)18-20-35(30,31)5)40-33(39)37-22-9-7-6-8-21-36-24-38/h13,25-26,28-32H,6-12,14-23H2,1-5H3,(H,37,39)/t26-,28?,29?,30-,31?,32?,34+,35-/m1/s1. The quantitative estimate of drug-likeness (QED) is 0.107. The molecule has 0 spiro atoms. The number of carbonyl (C=O) groups excluding carboxylic acids is 2. The number of isocyanates is 1. The van der Waals surface area contributed by atoms with Crippen molar-refractivity contribution in [2.45, 2.75) is 137 Å². The van der Waals surface area contributed by atoms with Crippen molar-refractivity contribution < 1.29 is 14.3 Å². The number of ether oxygens (including phenoxy) is 1. The first-order chi connectivity index (χ1) is 19.2. The summed E-state index contributed by atoms with van der Waals surface area (Å²) in [5.74, 6) is 5.11. The van der Waals surface area contributed by atoms with Gasteiger partial charge in [0.1, 0.15) is 6.10 Å². The third-order valence-corrected chi connectivity index (χ3v) is 12.1. The van der Waals surface area contributed by atoms with Gasteiger partial charge in [-0.25, -0.2) is 14.6 Å². The number of fused-ring (bicyclic) bond motifs is 5. The molecule has 5 nitrogen and oxygen atoms in total. The number of rotatable bonds is 13. The smallest absolute Gasteiger partial charge is 0.407 e. The van der Waals surface area contributed by atoms with E-state index in [4.69, 9.17) is 4.74 Å². The Balaban J connectivity index is 1.27. The number of allylic oxidation sites excluding steroid dienone is 1. The second kappa shape index (κ2) is 14.0. The highest BCUT2D eigenvalue weighted by atomic mass is 16.6. The average molecular weight is 555 g/mol. The summed E-state index contributed by atoms with van der Waals surface area (Å²) < 4.78 is 5.90. The van der Waals surface area contributed by atoms with Crippen LogP contribution < -0.4 is 5.32 Å². The molecule has 4 rings (SSSR count). The summed E-state index contributed by atoms with van der Waals surface area (Å²) in [5, 5.41) is 2.95. The normalized spacial score (nSPS) is 35.5. The molecule has 4 aliphatic carbocycles. The van der Waals surface area contributed by atoms with Crippen molar-refractivity contribution >= 4 is 12.2 Å². The molecule has 4 aliphatic rings. The van der Waals surface area contributed by atoms with Gasteiger partial charge in [0.25, 0.3) is 0 Å². The monoisotopic (exact) mass is 554 g/mol. The molecule has 4 unspecified atom stereocenters. The van der Waals surface area contributed by atoms with Crippen LogP contribution in [0.4, 0.5) is 4.79 Å². The van der Waals surface area contributed by atoms with E-state index in [-0.39, 0.29) is 17.6 Å². The van der Waals surface area contributed by atoms with E-state index in [1.54, 1.807) is 11.7 Å². The molecule has 0 saturated heterocycles. The Morgan fingerprint density at radius 1 is 1.02 bits per heavy atom. The Morgan fingerprint density at radius 2 is 1.82 bits per heavy atom. The lowest BCUT2D eigenvalue weighted by molar-refractivity contribution is -0.0581. The Morgan fingerprint density at radius 3 is 2.60 bits per heavy atom. The first kappa shape index (κ1) is 31.3. The second-order valence-corrected chi connectivity index (χ2v) is 14.9. The molecule has 3 saturated carbocycles. The fourth-order valence-corrected chi connectivity index (χ4v) is 9.85. The molecule has 226 valence electrons. The minimum absolute atomic E-state index is 0.00786. The van der Waals surface area contributed by atoms with E-state index in [0.29, 0.717) is 18.5 Å². The van der Waals surface area contributed by atoms with Crippen molar-refractivity contribution in [2.75, 3.05) is 13.1 Å². The maximum Gasteiger partial charge on any atom is 0.407 e. The van der Waals surface area contributed by atoms with E-state index in [0.717, 1.165) is 80.5 Å². The number of hydrogen-bond acceptors (Lipinski definition) is 4. The van der Waals surface area contributed by atoms with Gasteiger partial charge in [0.15, 0.2) is 0 Å². The van der Waals surface area contributed by atoms with Crippen LogP contribution in [-0.4, -0.2) is 31.4 Å². The SMILES string of the molecule is CC(C)CCC[C@@H](C)[C@H]1CCC2C3CC=C4CC(OC(=O)NCCCCCCN=C=O)CC[C@]4(C)C3CC[C@@]21C. The lowest BCUT2D eigenvalue weighted by Crippen LogP contribution is -2.51. The molecular weight excluding hydrogens is 496 g/mol. The predicted octanol–water partition coefficient (Wildman–Crippen LogP) is 9.02. The van der Waals surface area contributed by atoms with Crippen molar-refractivity contribution in [3.05, 3.63) is 11.6 Å². The van der Waals surface area contributed by atoms with Crippen LogP contribution in [0, 0.1) is 46.3 Å². The van der Waals surface area contributed by atoms with Gasteiger partial charge < -0.3 is 10.1 Å². The van der Waals surface area contributed by atoms with Crippen LogP contribution in [0.3, 0.4) is 0 Å². The van der Waals surface area contributed by atoms with Gasteiger partial charge >= 0.3 is 6.09 Å². The summed E-state index contributed by atoms with van der Waals surface area (Å²) in [6.07, 6.45) is 21.9. The zero-order valence-corrected chi connectivity index (χ0v) is 26.3. The Hall–Kier alpha value is -1.61. The first-order valence-electron chi connectivity index (χ1n) is 16.9. The molecule has 5 heteroatoms. The highest BCUT2D eigenvalue weighted by molar-refractivity contribution is 5.67. The molecule has 0 heterocycles. The van der Waals surface area contributed by atoms with Crippen molar-refractivity contribution in [3.8, 4) is 0 Å². The van der Waals surface area contributed by atoms with Crippen LogP contribution in [-0.2, 0) is 9.53 Å². The number of aliphatic imine (C=N–C) groups is 1. The number of carbonyl (C=O) groups is 1. The fraction of sp³-hybridized carbons (Fsp3) is 0.886. The molecule has 0 radical (unpaired) electrons. The minimum atomic E-state index is -0.263. The molecule has 1 amide bonds. The molecule has 3 fully saturated rings. The van der Waals surface area contributed by atoms with E-state index >= 15 is 0 Å². The molecular formula is C35H58N2O3. The number of nitrogens with zero attached hydrogens (tertiary/aromatic N) is 1. The molecule has 40 heavy (non-hydrogen) atoms. The summed E-state index contributed by atoms with van der Waals surface area (Å²) in [6, 6.07) is 0. The number of unbranched alkanes of at least 4 members (excludes halogenated alkanes) is 3. The maximum absolute atomic E-state index is 12.5. The molecule has 8 atom stereocenters. The second-order valence-electron chi connectivity index (χ2n) is 14.9. The lowest BCUT2D eigenvalue weighted by Gasteiger charge is -2.58. The van der Waals surface area contributed by atoms with Crippen molar-refractivity contribution in [1.82, 2.24) is 5.32 Å². The van der Waals surface area contributed by atoms with E-state index < -0.39 is 0 Å². The lowest BCUT2D eigenvalue weighted by atomic mass is 9.47. The van der Waals surface area contributed by atoms with Gasteiger partial charge in [-0.15, -0.1) is 0 Å². The van der Waals surface area contributed by atoms with Gasteiger partial charge in [-0.3, -0.25) is 0 Å². The first-order valence-corrected chi connectivity index (χ1v) is 16.9. The van der Waals surface area contributed by atoms with Gasteiger partial charge in [0.2, 0.25) is 6.08 Å². The van der Waals surface area contributed by atoms with Gasteiger partial charge in [0.05, 0.1) is 6.54 Å². The van der Waals surface area contributed by atoms with E-state index in [2.05, 4.69) is 51.0 Å². The van der Waals surface area contributed by atoms with Crippen LogP contribution in [0.5, 0.6) is 0 Å². The molecule has 0 bridgehead atoms. The van der Waals surface area contributed by atoms with Crippen LogP contribution in [0.2, 0.25) is 0 Å². The van der Waals surface area contributed by atoms with Gasteiger partial charge in [-0.1, -0.05) is 78.4 Å². The highest BCUT2D eigenvalue weighted by Gasteiger charge is 2.59. The Labute approximate surface area is 244 Å². The maximum atomic E-state index is 12.5. The van der Waals surface area contributed by atoms with Gasteiger partial charge in [-0.05, 0) is 104 Å². The third kappa shape index (κ3) is 7.05. The third-order valence-electron chi connectivity index (χ3n) is 12.1. The number of alkyl carbamates (subject to hydrolysis) is 1. The van der Waals surface area contributed by atoms with Gasteiger partial charge in [-0.2, -0.15) is 0 Å². The summed E-state index contributed by atoms with van der Waals surface area (Å²) in [4.78, 5) is 26.2. The molecule has 0 aromatic rings. The average Bonchev–Trinajstić information content (AvgIpc) is 3.27. The Kier molecular flexibility index (Phi) is 11.0. The van der Waals surface area contributed by atoms with Crippen LogP contribution >= 0.6 is 0 Å². The number of hydrogen-bond donors (Lipinski definition) is 1. The largest absolute Gasteiger partial charge is 0.446 e. The van der Waals surface area contributed by atoms with E-state index in [9.17, 15) is 9.59 Å². The topological polar surface area (TPSA) is 67.8 Å². The summed E-state index contributed by atoms with van der Waals surface area (Å²) in [7, 11) is 0.